The predicted molar refractivity (Wildman–Crippen MR) is 169 cm³/mol. The van der Waals surface area contributed by atoms with Gasteiger partial charge in [-0.2, -0.15) is 11.8 Å². The second kappa shape index (κ2) is 17.1. The molecule has 2 atom stereocenters. The summed E-state index contributed by atoms with van der Waals surface area (Å²) in [5.41, 5.74) is 0.440. The van der Waals surface area contributed by atoms with Crippen LogP contribution in [0, 0.1) is 11.7 Å². The molecular weight excluding hydrogens is 591 g/mol. The van der Waals surface area contributed by atoms with E-state index in [1.165, 1.54) is 73.0 Å². The van der Waals surface area contributed by atoms with Crippen LogP contribution in [0.4, 0.5) is 9.18 Å². The lowest BCUT2D eigenvalue weighted by Gasteiger charge is -2.33. The number of carbonyl (C=O) groups is 4. The summed E-state index contributed by atoms with van der Waals surface area (Å²) in [5.74, 6) is 1.77. The van der Waals surface area contributed by atoms with Crippen LogP contribution in [0.3, 0.4) is 0 Å². The maximum Gasteiger partial charge on any atom is 0.411 e. The Labute approximate surface area is 262 Å². The summed E-state index contributed by atoms with van der Waals surface area (Å²) < 4.78 is 18.6. The summed E-state index contributed by atoms with van der Waals surface area (Å²) in [5, 5.41) is 6.07. The number of carbonyl (C=O) groups excluding carboxylic acids is 4. The highest BCUT2D eigenvalue weighted by Crippen LogP contribution is 2.27. The molecule has 0 spiro atoms. The number of unbranched alkanes of at least 4 members (excludes halogenated alkanes) is 1. The molecule has 4 amide bonds. The van der Waals surface area contributed by atoms with E-state index in [4.69, 9.17) is 4.74 Å². The standard InChI is InChI=1S/C31H45FN4O5S2/c1-2-3-17-41-31(40)36-21-43-20-27(36)29(38)34-26(19-42-18-22-7-5-4-6-8-22)28(37)33-25-13-15-35(16-14-25)30(39)23-9-11-24(32)12-10-23/h9-12,22,25-27H,2-8,13-21H2,1H3,(H,33,37)(H,34,38)/t26-,27-/m0/s1. The lowest BCUT2D eigenvalue weighted by atomic mass is 9.91. The molecule has 1 aliphatic carbocycles. The zero-order chi connectivity index (χ0) is 30.6. The highest BCUT2D eigenvalue weighted by atomic mass is 32.2. The summed E-state index contributed by atoms with van der Waals surface area (Å²) in [6, 6.07) is 3.98. The largest absolute Gasteiger partial charge is 0.449 e. The van der Waals surface area contributed by atoms with Crippen molar-refractivity contribution in [1.29, 1.82) is 0 Å². The number of piperidine rings is 1. The van der Waals surface area contributed by atoms with Crippen LogP contribution in [0.25, 0.3) is 0 Å². The number of ether oxygens (including phenoxy) is 1. The minimum Gasteiger partial charge on any atom is -0.449 e. The number of nitrogens with zero attached hydrogens (tertiary/aromatic N) is 2. The van der Waals surface area contributed by atoms with Crippen LogP contribution < -0.4 is 10.6 Å². The second-order valence-corrected chi connectivity index (χ2v) is 13.7. The molecule has 0 bridgehead atoms. The molecule has 1 aromatic carbocycles. The molecule has 2 heterocycles. The van der Waals surface area contributed by atoms with Crippen LogP contribution in [0.15, 0.2) is 24.3 Å². The van der Waals surface area contributed by atoms with Gasteiger partial charge in [-0.25, -0.2) is 9.18 Å². The van der Waals surface area contributed by atoms with Crippen LogP contribution in [0.2, 0.25) is 0 Å². The van der Waals surface area contributed by atoms with Crippen molar-refractivity contribution in [3.8, 4) is 0 Å². The molecule has 3 fully saturated rings. The van der Waals surface area contributed by atoms with Crippen molar-refractivity contribution in [2.24, 2.45) is 5.92 Å². The quantitative estimate of drug-likeness (QED) is 0.322. The first kappa shape index (κ1) is 33.4. The van der Waals surface area contributed by atoms with E-state index in [1.807, 2.05) is 6.92 Å². The Hall–Kier alpha value is -2.47. The summed E-state index contributed by atoms with van der Waals surface area (Å²) in [4.78, 5) is 55.6. The minimum atomic E-state index is -0.733. The highest BCUT2D eigenvalue weighted by Gasteiger charge is 2.38. The van der Waals surface area contributed by atoms with Gasteiger partial charge in [-0.1, -0.05) is 32.6 Å². The SMILES string of the molecule is CCCCOC(=O)N1CSC[C@H]1C(=O)N[C@@H](CSCC1CCCCC1)C(=O)NC1CCN(C(=O)c2ccc(F)cc2)CC1. The molecule has 12 heteroatoms. The van der Waals surface area contributed by atoms with Crippen molar-refractivity contribution in [2.75, 3.05) is 42.8 Å². The fourth-order valence-corrected chi connectivity index (χ4v) is 8.10. The van der Waals surface area contributed by atoms with Crippen molar-refractivity contribution in [2.45, 2.75) is 82.8 Å². The summed E-state index contributed by atoms with van der Waals surface area (Å²) in [7, 11) is 0. The smallest absolute Gasteiger partial charge is 0.411 e. The summed E-state index contributed by atoms with van der Waals surface area (Å²) in [6.07, 6.45) is 8.56. The first-order valence-corrected chi connectivity index (χ1v) is 17.9. The topological polar surface area (TPSA) is 108 Å². The molecule has 238 valence electrons. The average Bonchev–Trinajstić information content (AvgIpc) is 3.52. The molecule has 1 aromatic rings. The number of benzene rings is 1. The normalized spacial score (nSPS) is 20.5. The van der Waals surface area contributed by atoms with Gasteiger partial charge < -0.3 is 20.3 Å². The molecule has 9 nitrogen and oxygen atoms in total. The molecule has 1 saturated carbocycles. The van der Waals surface area contributed by atoms with E-state index in [0.717, 1.165) is 18.6 Å². The molecule has 2 N–H and O–H groups in total. The van der Waals surface area contributed by atoms with Crippen LogP contribution in [0.1, 0.15) is 75.1 Å². The number of hydrogen-bond acceptors (Lipinski definition) is 7. The highest BCUT2D eigenvalue weighted by molar-refractivity contribution is 7.99. The van der Waals surface area contributed by atoms with Crippen molar-refractivity contribution < 1.29 is 28.3 Å². The Morgan fingerprint density at radius 1 is 1.07 bits per heavy atom. The lowest BCUT2D eigenvalue weighted by molar-refractivity contribution is -0.130. The van der Waals surface area contributed by atoms with Gasteiger partial charge in [0.25, 0.3) is 5.91 Å². The number of nitrogens with one attached hydrogen (secondary N) is 2. The van der Waals surface area contributed by atoms with Crippen LogP contribution >= 0.6 is 23.5 Å². The molecular formula is C31H45FN4O5S2. The summed E-state index contributed by atoms with van der Waals surface area (Å²) >= 11 is 3.20. The molecule has 4 rings (SSSR count). The third kappa shape index (κ3) is 10.0. The van der Waals surface area contributed by atoms with E-state index in [9.17, 15) is 23.6 Å². The fourth-order valence-electron chi connectivity index (χ4n) is 5.69. The first-order valence-electron chi connectivity index (χ1n) is 15.6. The van der Waals surface area contributed by atoms with Crippen molar-refractivity contribution >= 4 is 47.3 Å². The number of rotatable bonds is 12. The third-order valence-corrected chi connectivity index (χ3v) is 10.6. The lowest BCUT2D eigenvalue weighted by Crippen LogP contribution is -2.57. The van der Waals surface area contributed by atoms with Gasteiger partial charge in [0.15, 0.2) is 0 Å². The third-order valence-electron chi connectivity index (χ3n) is 8.36. The number of halogens is 1. The maximum atomic E-state index is 13.5. The van der Waals surface area contributed by atoms with Crippen LogP contribution in [-0.4, -0.2) is 94.6 Å². The number of hydrogen-bond donors (Lipinski definition) is 2. The van der Waals surface area contributed by atoms with Gasteiger partial charge in [0, 0.05) is 36.2 Å². The molecule has 2 aliphatic heterocycles. The Bertz CT molecular complexity index is 1080. The number of likely N-dealkylation sites (tertiary alicyclic amines) is 1. The van der Waals surface area contributed by atoms with Gasteiger partial charge in [0.2, 0.25) is 11.8 Å². The van der Waals surface area contributed by atoms with Gasteiger partial charge in [-0.15, -0.1) is 11.8 Å². The average molecular weight is 637 g/mol. The molecule has 0 unspecified atom stereocenters. The van der Waals surface area contributed by atoms with Crippen molar-refractivity contribution in [1.82, 2.24) is 20.4 Å². The second-order valence-electron chi connectivity index (χ2n) is 11.6. The van der Waals surface area contributed by atoms with E-state index in [0.29, 0.717) is 61.4 Å². The van der Waals surface area contributed by atoms with Crippen LogP contribution in [-0.2, 0) is 14.3 Å². The van der Waals surface area contributed by atoms with E-state index in [1.54, 1.807) is 16.7 Å². The Morgan fingerprint density at radius 2 is 1.79 bits per heavy atom. The van der Waals surface area contributed by atoms with Gasteiger partial charge in [-0.3, -0.25) is 19.3 Å². The van der Waals surface area contributed by atoms with E-state index < -0.39 is 18.2 Å². The van der Waals surface area contributed by atoms with Crippen molar-refractivity contribution in [3.63, 3.8) is 0 Å². The Kier molecular flexibility index (Phi) is 13.3. The maximum absolute atomic E-state index is 13.5. The van der Waals surface area contributed by atoms with Gasteiger partial charge in [0.1, 0.15) is 17.9 Å². The number of thioether (sulfide) groups is 2. The van der Waals surface area contributed by atoms with E-state index in [2.05, 4.69) is 10.6 Å². The monoisotopic (exact) mass is 636 g/mol. The zero-order valence-corrected chi connectivity index (χ0v) is 26.7. The Balaban J connectivity index is 1.32. The molecule has 0 radical (unpaired) electrons. The first-order chi connectivity index (χ1) is 20.9. The van der Waals surface area contributed by atoms with E-state index in [-0.39, 0.29) is 29.6 Å². The zero-order valence-electron chi connectivity index (χ0n) is 25.1. The Morgan fingerprint density at radius 3 is 2.49 bits per heavy atom. The molecule has 43 heavy (non-hydrogen) atoms. The van der Waals surface area contributed by atoms with Gasteiger partial charge in [0.05, 0.1) is 12.5 Å². The van der Waals surface area contributed by atoms with Crippen LogP contribution in [0.5, 0.6) is 0 Å². The predicted octanol–water partition coefficient (Wildman–Crippen LogP) is 4.66. The van der Waals surface area contributed by atoms with Crippen molar-refractivity contribution in [3.05, 3.63) is 35.6 Å². The molecule has 0 aromatic heterocycles. The number of amides is 4. The van der Waals surface area contributed by atoms with E-state index >= 15 is 0 Å². The minimum absolute atomic E-state index is 0.125. The summed E-state index contributed by atoms with van der Waals surface area (Å²) in [6.45, 7) is 3.29. The van der Waals surface area contributed by atoms with Gasteiger partial charge in [-0.05, 0) is 68.0 Å². The molecule has 3 aliphatic rings. The van der Waals surface area contributed by atoms with Gasteiger partial charge >= 0.3 is 6.09 Å². The fraction of sp³-hybridized carbons (Fsp3) is 0.677. The molecule has 2 saturated heterocycles.